The van der Waals surface area contributed by atoms with Crippen LogP contribution in [0.2, 0.25) is 0 Å². The van der Waals surface area contributed by atoms with Gasteiger partial charge in [-0.3, -0.25) is 9.59 Å². The van der Waals surface area contributed by atoms with E-state index in [0.717, 1.165) is 47.4 Å². The van der Waals surface area contributed by atoms with Crippen LogP contribution < -0.4 is 9.47 Å². The molecule has 0 amide bonds. The minimum absolute atomic E-state index is 0.138. The third kappa shape index (κ3) is 5.28. The van der Waals surface area contributed by atoms with E-state index in [2.05, 4.69) is 51.7 Å². The Morgan fingerprint density at radius 3 is 1.95 bits per heavy atom. The van der Waals surface area contributed by atoms with Gasteiger partial charge in [0.15, 0.2) is 23.1 Å². The topological polar surface area (TPSA) is 55.8 Å². The predicted molar refractivity (Wildman–Crippen MR) is 154 cm³/mol. The fraction of sp³-hybridized carbons (Fsp3) is 0.471. The lowest BCUT2D eigenvalue weighted by Crippen LogP contribution is -2.44. The fourth-order valence-electron chi connectivity index (χ4n) is 6.53. The molecular weight excluding hydrogens is 486 g/mol. The summed E-state index contributed by atoms with van der Waals surface area (Å²) in [5.41, 5.74) is 5.47. The molecule has 3 aliphatic rings. The van der Waals surface area contributed by atoms with Crippen LogP contribution in [0.3, 0.4) is 0 Å². The maximum atomic E-state index is 14.0. The number of methoxy groups -OCH3 is 1. The molecule has 0 radical (unpaired) electrons. The third-order valence-electron chi connectivity index (χ3n) is 8.19. The van der Waals surface area contributed by atoms with E-state index in [1.165, 1.54) is 5.56 Å². The molecule has 1 aliphatic heterocycles. The van der Waals surface area contributed by atoms with E-state index in [4.69, 9.17) is 9.47 Å². The Labute approximate surface area is 232 Å². The first-order valence-electron chi connectivity index (χ1n) is 14.2. The van der Waals surface area contributed by atoms with Gasteiger partial charge in [0.05, 0.1) is 13.7 Å². The normalized spacial score (nSPS) is 20.6. The van der Waals surface area contributed by atoms with E-state index in [-0.39, 0.29) is 22.4 Å². The first-order valence-corrected chi connectivity index (χ1v) is 14.2. The molecule has 0 bridgehead atoms. The Morgan fingerprint density at radius 2 is 1.41 bits per heavy atom. The molecule has 0 atom stereocenters. The molecule has 0 spiro atoms. The van der Waals surface area contributed by atoms with Gasteiger partial charge in [-0.2, -0.15) is 0 Å². The Morgan fingerprint density at radius 1 is 0.821 bits per heavy atom. The highest BCUT2D eigenvalue weighted by atomic mass is 16.5. The summed E-state index contributed by atoms with van der Waals surface area (Å²) in [6.07, 6.45) is 3.42. The summed E-state index contributed by atoms with van der Waals surface area (Å²) in [6, 6.07) is 16.3. The number of hydrogen-bond acceptors (Lipinski definition) is 5. The van der Waals surface area contributed by atoms with Gasteiger partial charge in [-0.1, -0.05) is 71.0 Å². The zero-order chi connectivity index (χ0) is 27.9. The molecule has 1 heterocycles. The van der Waals surface area contributed by atoms with Gasteiger partial charge in [0.2, 0.25) is 0 Å². The van der Waals surface area contributed by atoms with Crippen LogP contribution in [-0.2, 0) is 16.1 Å². The maximum absolute atomic E-state index is 14.0. The van der Waals surface area contributed by atoms with Crippen molar-refractivity contribution in [3.63, 3.8) is 0 Å². The number of benzene rings is 2. The van der Waals surface area contributed by atoms with Crippen LogP contribution in [0.25, 0.3) is 0 Å². The standard InChI is InChI=1S/C34H41NO4/c1-7-15-39-28-14-13-23(16-29(28)38-6)30-31-24(17-33(2,3)19-26(31)36)35(21-22-11-9-8-10-12-22)25-18-34(4,5)20-27(37)32(25)30/h8-14,16,30H,7,15,17-21H2,1-6H3. The second kappa shape index (κ2) is 10.3. The maximum Gasteiger partial charge on any atom is 0.162 e. The summed E-state index contributed by atoms with van der Waals surface area (Å²) < 4.78 is 11.7. The largest absolute Gasteiger partial charge is 0.493 e. The lowest BCUT2D eigenvalue weighted by Gasteiger charge is -2.49. The molecule has 0 N–H and O–H groups in total. The Hall–Kier alpha value is -3.34. The number of carbonyl (C=O) groups excluding carboxylic acids is 2. The fourth-order valence-corrected chi connectivity index (χ4v) is 6.53. The van der Waals surface area contributed by atoms with Crippen molar-refractivity contribution in [1.82, 2.24) is 4.90 Å². The van der Waals surface area contributed by atoms with Crippen molar-refractivity contribution in [2.75, 3.05) is 13.7 Å². The number of ether oxygens (including phenoxy) is 2. The van der Waals surface area contributed by atoms with Gasteiger partial charge in [-0.15, -0.1) is 0 Å². The van der Waals surface area contributed by atoms with Crippen LogP contribution in [0.1, 0.15) is 83.8 Å². The van der Waals surface area contributed by atoms with Crippen molar-refractivity contribution < 1.29 is 19.1 Å². The van der Waals surface area contributed by atoms with Gasteiger partial charge in [-0.05, 0) is 53.4 Å². The second-order valence-electron chi connectivity index (χ2n) is 12.9. The molecule has 206 valence electrons. The van der Waals surface area contributed by atoms with Crippen molar-refractivity contribution in [2.24, 2.45) is 10.8 Å². The van der Waals surface area contributed by atoms with E-state index >= 15 is 0 Å². The van der Waals surface area contributed by atoms with Crippen molar-refractivity contribution in [2.45, 2.75) is 79.2 Å². The molecule has 5 nitrogen and oxygen atoms in total. The highest BCUT2D eigenvalue weighted by molar-refractivity contribution is 6.06. The Bertz CT molecular complexity index is 1290. The van der Waals surface area contributed by atoms with Crippen molar-refractivity contribution in [3.8, 4) is 11.5 Å². The van der Waals surface area contributed by atoms with E-state index in [9.17, 15) is 9.59 Å². The van der Waals surface area contributed by atoms with E-state index in [1.807, 2.05) is 36.4 Å². The highest BCUT2D eigenvalue weighted by Gasteiger charge is 2.49. The number of allylic oxidation sites excluding steroid dienone is 4. The number of carbonyl (C=O) groups is 2. The first-order chi connectivity index (χ1) is 18.5. The van der Waals surface area contributed by atoms with Crippen molar-refractivity contribution in [3.05, 3.63) is 82.2 Å². The first kappa shape index (κ1) is 27.2. The number of Topliss-reactive ketones (excluding diaryl/α,β-unsaturated/α-hetero) is 2. The average Bonchev–Trinajstić information content (AvgIpc) is 2.87. The SMILES string of the molecule is CCCOc1ccc(C2C3=C(CC(C)(C)CC3=O)N(Cc3ccccc3)C3=C2C(=O)CC(C)(C)C3)cc1OC. The minimum Gasteiger partial charge on any atom is -0.493 e. The van der Waals surface area contributed by atoms with Gasteiger partial charge in [0.25, 0.3) is 0 Å². The summed E-state index contributed by atoms with van der Waals surface area (Å²) in [5, 5.41) is 0. The summed E-state index contributed by atoms with van der Waals surface area (Å²) in [6.45, 7) is 12.0. The third-order valence-corrected chi connectivity index (χ3v) is 8.19. The van der Waals surface area contributed by atoms with E-state index < -0.39 is 5.92 Å². The molecule has 5 heteroatoms. The second-order valence-corrected chi connectivity index (χ2v) is 12.9. The molecule has 0 unspecified atom stereocenters. The lowest BCUT2D eigenvalue weighted by molar-refractivity contribution is -0.119. The smallest absolute Gasteiger partial charge is 0.162 e. The number of rotatable bonds is 7. The lowest BCUT2D eigenvalue weighted by atomic mass is 9.63. The van der Waals surface area contributed by atoms with Crippen molar-refractivity contribution in [1.29, 1.82) is 0 Å². The predicted octanol–water partition coefficient (Wildman–Crippen LogP) is 7.37. The zero-order valence-electron chi connectivity index (χ0n) is 24.2. The van der Waals surface area contributed by atoms with E-state index in [0.29, 0.717) is 37.5 Å². The molecule has 2 aromatic rings. The quantitative estimate of drug-likeness (QED) is 0.376. The summed E-state index contributed by atoms with van der Waals surface area (Å²) in [4.78, 5) is 30.4. The van der Waals surface area contributed by atoms with Gasteiger partial charge in [-0.25, -0.2) is 0 Å². The average molecular weight is 528 g/mol. The molecule has 39 heavy (non-hydrogen) atoms. The van der Waals surface area contributed by atoms with Crippen molar-refractivity contribution >= 4 is 11.6 Å². The Kier molecular flexibility index (Phi) is 7.21. The van der Waals surface area contributed by atoms with Gasteiger partial charge in [0.1, 0.15) is 0 Å². The van der Waals surface area contributed by atoms with Crippen LogP contribution in [0.15, 0.2) is 71.1 Å². The summed E-state index contributed by atoms with van der Waals surface area (Å²) in [5.74, 6) is 1.19. The molecule has 0 fully saturated rings. The molecule has 5 rings (SSSR count). The molecule has 0 saturated heterocycles. The van der Waals surface area contributed by atoms with Gasteiger partial charge < -0.3 is 14.4 Å². The monoisotopic (exact) mass is 527 g/mol. The minimum atomic E-state index is -0.400. The number of nitrogens with zero attached hydrogens (tertiary/aromatic N) is 1. The van der Waals surface area contributed by atoms with Gasteiger partial charge >= 0.3 is 0 Å². The molecule has 0 aromatic heterocycles. The molecular formula is C34H41NO4. The van der Waals surface area contributed by atoms with Crippen LogP contribution in [0.4, 0.5) is 0 Å². The van der Waals surface area contributed by atoms with Crippen LogP contribution in [-0.4, -0.2) is 30.2 Å². The van der Waals surface area contributed by atoms with Crippen LogP contribution in [0, 0.1) is 10.8 Å². The summed E-state index contributed by atoms with van der Waals surface area (Å²) >= 11 is 0. The number of hydrogen-bond donors (Lipinski definition) is 0. The molecule has 2 aliphatic carbocycles. The highest BCUT2D eigenvalue weighted by Crippen LogP contribution is 2.55. The van der Waals surface area contributed by atoms with Crippen LogP contribution >= 0.6 is 0 Å². The van der Waals surface area contributed by atoms with Gasteiger partial charge in [0, 0.05) is 47.8 Å². The molecule has 2 aromatic carbocycles. The Balaban J connectivity index is 1.73. The zero-order valence-corrected chi connectivity index (χ0v) is 24.2. The van der Waals surface area contributed by atoms with E-state index in [1.54, 1.807) is 7.11 Å². The van der Waals surface area contributed by atoms with Crippen LogP contribution in [0.5, 0.6) is 11.5 Å². The summed E-state index contributed by atoms with van der Waals surface area (Å²) in [7, 11) is 1.64. The number of ketones is 2. The molecule has 0 saturated carbocycles.